The van der Waals surface area contributed by atoms with Crippen LogP contribution >= 0.6 is 0 Å². The highest BCUT2D eigenvalue weighted by Gasteiger charge is 2.14. The molecule has 0 unspecified atom stereocenters. The summed E-state index contributed by atoms with van der Waals surface area (Å²) in [5.74, 6) is 1.57. The second kappa shape index (κ2) is 3.48. The second-order valence-corrected chi connectivity index (χ2v) is 3.59. The molecule has 80 valence electrons. The van der Waals surface area contributed by atoms with E-state index in [1.165, 1.54) is 0 Å². The molecule has 16 heavy (non-hydrogen) atoms. The summed E-state index contributed by atoms with van der Waals surface area (Å²) in [6.07, 6.45) is 3.35. The maximum absolute atomic E-state index is 5.34. The van der Waals surface area contributed by atoms with Crippen LogP contribution in [0, 0.1) is 6.92 Å². The number of hydrogen-bond donors (Lipinski definition) is 0. The van der Waals surface area contributed by atoms with Crippen LogP contribution in [0.5, 0.6) is 11.5 Å². The molecule has 0 bridgehead atoms. The standard InChI is InChI=1S/C12H10N2O2/c1-8-10(5-13-6-14-8)9-2-3-11-12(4-9)16-7-15-11/h2-6H,7H2,1H3. The highest BCUT2D eigenvalue weighted by molar-refractivity contribution is 5.68. The van der Waals surface area contributed by atoms with E-state index in [1.807, 2.05) is 25.1 Å². The molecule has 0 aliphatic carbocycles. The topological polar surface area (TPSA) is 44.2 Å². The SMILES string of the molecule is Cc1ncncc1-c1ccc2c(c1)OCO2. The number of ether oxygens (including phenoxy) is 2. The van der Waals surface area contributed by atoms with Crippen LogP contribution in [0.25, 0.3) is 11.1 Å². The summed E-state index contributed by atoms with van der Waals surface area (Å²) in [4.78, 5) is 8.20. The van der Waals surface area contributed by atoms with Crippen molar-refractivity contribution in [3.63, 3.8) is 0 Å². The van der Waals surface area contributed by atoms with Crippen molar-refractivity contribution in [1.29, 1.82) is 0 Å². The lowest BCUT2D eigenvalue weighted by atomic mass is 10.1. The summed E-state index contributed by atoms with van der Waals surface area (Å²) in [5.41, 5.74) is 3.01. The van der Waals surface area contributed by atoms with Crippen molar-refractivity contribution < 1.29 is 9.47 Å². The van der Waals surface area contributed by atoms with Crippen molar-refractivity contribution in [2.45, 2.75) is 6.92 Å². The quantitative estimate of drug-likeness (QED) is 0.729. The molecule has 4 heteroatoms. The van der Waals surface area contributed by atoms with E-state index in [0.717, 1.165) is 28.3 Å². The molecule has 0 atom stereocenters. The minimum absolute atomic E-state index is 0.295. The highest BCUT2D eigenvalue weighted by Crippen LogP contribution is 2.36. The van der Waals surface area contributed by atoms with E-state index in [-0.39, 0.29) is 0 Å². The number of hydrogen-bond acceptors (Lipinski definition) is 4. The van der Waals surface area contributed by atoms with Gasteiger partial charge in [-0.3, -0.25) is 0 Å². The highest BCUT2D eigenvalue weighted by atomic mass is 16.7. The van der Waals surface area contributed by atoms with Gasteiger partial charge in [0.15, 0.2) is 11.5 Å². The van der Waals surface area contributed by atoms with Crippen LogP contribution in [-0.4, -0.2) is 16.8 Å². The Labute approximate surface area is 92.9 Å². The first-order valence-electron chi connectivity index (χ1n) is 5.01. The normalized spacial score (nSPS) is 12.8. The molecule has 0 saturated heterocycles. The number of benzene rings is 1. The minimum Gasteiger partial charge on any atom is -0.454 e. The molecule has 0 saturated carbocycles. The third-order valence-electron chi connectivity index (χ3n) is 2.60. The zero-order chi connectivity index (χ0) is 11.0. The van der Waals surface area contributed by atoms with Gasteiger partial charge < -0.3 is 9.47 Å². The molecule has 1 aliphatic heterocycles. The summed E-state index contributed by atoms with van der Waals surface area (Å²) in [6.45, 7) is 2.25. The van der Waals surface area contributed by atoms with E-state index in [9.17, 15) is 0 Å². The zero-order valence-electron chi connectivity index (χ0n) is 8.80. The van der Waals surface area contributed by atoms with Gasteiger partial charge in [0.25, 0.3) is 0 Å². The number of nitrogens with zero attached hydrogens (tertiary/aromatic N) is 2. The Morgan fingerprint density at radius 3 is 2.94 bits per heavy atom. The average molecular weight is 214 g/mol. The van der Waals surface area contributed by atoms with Gasteiger partial charge in [-0.1, -0.05) is 6.07 Å². The largest absolute Gasteiger partial charge is 0.454 e. The molecular formula is C12H10N2O2. The van der Waals surface area contributed by atoms with Crippen LogP contribution in [0.2, 0.25) is 0 Å². The Morgan fingerprint density at radius 2 is 2.06 bits per heavy atom. The fraction of sp³-hybridized carbons (Fsp3) is 0.167. The number of aromatic nitrogens is 2. The van der Waals surface area contributed by atoms with E-state index >= 15 is 0 Å². The maximum atomic E-state index is 5.34. The molecule has 1 aliphatic rings. The third kappa shape index (κ3) is 1.39. The molecule has 0 amide bonds. The average Bonchev–Trinajstić information content (AvgIpc) is 2.76. The Morgan fingerprint density at radius 1 is 1.19 bits per heavy atom. The zero-order valence-corrected chi connectivity index (χ0v) is 8.80. The van der Waals surface area contributed by atoms with Gasteiger partial charge in [0.2, 0.25) is 6.79 Å². The molecule has 2 heterocycles. The monoisotopic (exact) mass is 214 g/mol. The fourth-order valence-corrected chi connectivity index (χ4v) is 1.74. The third-order valence-corrected chi connectivity index (χ3v) is 2.60. The molecule has 1 aromatic carbocycles. The van der Waals surface area contributed by atoms with Crippen LogP contribution in [0.15, 0.2) is 30.7 Å². The molecule has 0 spiro atoms. The van der Waals surface area contributed by atoms with Gasteiger partial charge in [0, 0.05) is 17.5 Å². The predicted octanol–water partition coefficient (Wildman–Crippen LogP) is 2.18. The Hall–Kier alpha value is -2.10. The molecule has 0 fully saturated rings. The molecule has 4 nitrogen and oxygen atoms in total. The first-order valence-corrected chi connectivity index (χ1v) is 5.01. The first kappa shape index (κ1) is 9.15. The van der Waals surface area contributed by atoms with Gasteiger partial charge in [0.1, 0.15) is 6.33 Å². The van der Waals surface area contributed by atoms with Crippen molar-refractivity contribution >= 4 is 0 Å². The molecular weight excluding hydrogens is 204 g/mol. The molecule has 3 rings (SSSR count). The molecule has 0 N–H and O–H groups in total. The summed E-state index contributed by atoms with van der Waals surface area (Å²) in [6, 6.07) is 5.84. The summed E-state index contributed by atoms with van der Waals surface area (Å²) >= 11 is 0. The van der Waals surface area contributed by atoms with Crippen molar-refractivity contribution in [2.24, 2.45) is 0 Å². The second-order valence-electron chi connectivity index (χ2n) is 3.59. The van der Waals surface area contributed by atoms with Gasteiger partial charge in [0.05, 0.1) is 0 Å². The van der Waals surface area contributed by atoms with Crippen molar-refractivity contribution in [3.05, 3.63) is 36.4 Å². The van der Waals surface area contributed by atoms with Crippen molar-refractivity contribution in [3.8, 4) is 22.6 Å². The minimum atomic E-state index is 0.295. The maximum Gasteiger partial charge on any atom is 0.231 e. The lowest BCUT2D eigenvalue weighted by molar-refractivity contribution is 0.174. The van der Waals surface area contributed by atoms with E-state index in [1.54, 1.807) is 12.5 Å². The number of fused-ring (bicyclic) bond motifs is 1. The summed E-state index contributed by atoms with van der Waals surface area (Å²) < 4.78 is 10.6. The van der Waals surface area contributed by atoms with E-state index < -0.39 is 0 Å². The van der Waals surface area contributed by atoms with Gasteiger partial charge in [-0.25, -0.2) is 9.97 Å². The Balaban J connectivity index is 2.11. The van der Waals surface area contributed by atoms with Crippen molar-refractivity contribution in [2.75, 3.05) is 6.79 Å². The Bertz CT molecular complexity index is 540. The molecule has 0 radical (unpaired) electrons. The van der Waals surface area contributed by atoms with E-state index in [2.05, 4.69) is 9.97 Å². The van der Waals surface area contributed by atoms with Crippen molar-refractivity contribution in [1.82, 2.24) is 9.97 Å². The van der Waals surface area contributed by atoms with Gasteiger partial charge >= 0.3 is 0 Å². The molecule has 1 aromatic heterocycles. The van der Waals surface area contributed by atoms with Crippen LogP contribution in [-0.2, 0) is 0 Å². The Kier molecular flexibility index (Phi) is 1.99. The van der Waals surface area contributed by atoms with Crippen LogP contribution in [0.1, 0.15) is 5.69 Å². The van der Waals surface area contributed by atoms with E-state index in [0.29, 0.717) is 6.79 Å². The van der Waals surface area contributed by atoms with Crippen LogP contribution in [0.3, 0.4) is 0 Å². The van der Waals surface area contributed by atoms with Crippen LogP contribution in [0.4, 0.5) is 0 Å². The lowest BCUT2D eigenvalue weighted by Crippen LogP contribution is -1.93. The lowest BCUT2D eigenvalue weighted by Gasteiger charge is -2.04. The predicted molar refractivity (Wildman–Crippen MR) is 58.3 cm³/mol. The number of rotatable bonds is 1. The van der Waals surface area contributed by atoms with Crippen LogP contribution < -0.4 is 9.47 Å². The smallest absolute Gasteiger partial charge is 0.231 e. The van der Waals surface area contributed by atoms with Gasteiger partial charge in [-0.2, -0.15) is 0 Å². The fourth-order valence-electron chi connectivity index (χ4n) is 1.74. The summed E-state index contributed by atoms with van der Waals surface area (Å²) in [7, 11) is 0. The number of aryl methyl sites for hydroxylation is 1. The van der Waals surface area contributed by atoms with Gasteiger partial charge in [-0.15, -0.1) is 0 Å². The van der Waals surface area contributed by atoms with Gasteiger partial charge in [-0.05, 0) is 24.6 Å². The first-order chi connectivity index (χ1) is 7.84. The van der Waals surface area contributed by atoms with E-state index in [4.69, 9.17) is 9.47 Å². The molecule has 2 aromatic rings. The summed E-state index contributed by atoms with van der Waals surface area (Å²) in [5, 5.41) is 0.